The fourth-order valence-corrected chi connectivity index (χ4v) is 3.32. The summed E-state index contributed by atoms with van der Waals surface area (Å²) in [6.45, 7) is 1.59. The predicted molar refractivity (Wildman–Crippen MR) is 98.1 cm³/mol. The smallest absolute Gasteiger partial charge is 0.350 e. The number of carbonyl (C=O) groups is 2. The van der Waals surface area contributed by atoms with E-state index in [1.807, 2.05) is 12.1 Å². The highest BCUT2D eigenvalue weighted by Crippen LogP contribution is 2.29. The molecule has 0 aliphatic rings. The molecule has 134 valence electrons. The molecule has 0 radical (unpaired) electrons. The van der Waals surface area contributed by atoms with Crippen molar-refractivity contribution in [3.63, 3.8) is 0 Å². The van der Waals surface area contributed by atoms with Crippen molar-refractivity contribution in [2.45, 2.75) is 13.5 Å². The molecule has 0 fully saturated rings. The summed E-state index contributed by atoms with van der Waals surface area (Å²) >= 11 is 7.19. The molecule has 8 heteroatoms. The highest BCUT2D eigenvalue weighted by atomic mass is 35.5. The molecule has 0 aliphatic carbocycles. The van der Waals surface area contributed by atoms with Crippen molar-refractivity contribution >= 4 is 34.8 Å². The molecule has 6 nitrogen and oxygen atoms in total. The molecule has 0 saturated carbocycles. The summed E-state index contributed by atoms with van der Waals surface area (Å²) in [6.07, 6.45) is 1.52. The number of aromatic nitrogens is 1. The van der Waals surface area contributed by atoms with E-state index < -0.39 is 11.9 Å². The highest BCUT2D eigenvalue weighted by Gasteiger charge is 2.18. The minimum atomic E-state index is -0.582. The molecule has 3 aromatic rings. The molecule has 2 aromatic heterocycles. The van der Waals surface area contributed by atoms with Crippen molar-refractivity contribution in [2.75, 3.05) is 6.61 Å². The number of thiazole rings is 1. The third-order valence-electron chi connectivity index (χ3n) is 3.43. The minimum Gasteiger partial charge on any atom is -0.467 e. The number of hydrogen-bond donors (Lipinski definition) is 1. The molecule has 0 saturated heterocycles. The fourth-order valence-electron chi connectivity index (χ4n) is 2.18. The Labute approximate surface area is 158 Å². The zero-order chi connectivity index (χ0) is 18.5. The lowest BCUT2D eigenvalue weighted by Crippen LogP contribution is -2.28. The molecular weight excluding hydrogens is 376 g/mol. The third-order valence-corrected chi connectivity index (χ3v) is 4.85. The van der Waals surface area contributed by atoms with Crippen LogP contribution in [0.15, 0.2) is 47.1 Å². The highest BCUT2D eigenvalue weighted by molar-refractivity contribution is 7.17. The topological polar surface area (TPSA) is 81.4 Å². The van der Waals surface area contributed by atoms with Gasteiger partial charge in [-0.1, -0.05) is 23.7 Å². The Balaban J connectivity index is 1.58. The number of aryl methyl sites for hydroxylation is 1. The lowest BCUT2D eigenvalue weighted by atomic mass is 10.2. The summed E-state index contributed by atoms with van der Waals surface area (Å²) in [5, 5.41) is 3.86. The Morgan fingerprint density at radius 2 is 2.15 bits per heavy atom. The van der Waals surface area contributed by atoms with Gasteiger partial charge in [0.25, 0.3) is 5.91 Å². The van der Waals surface area contributed by atoms with Crippen LogP contribution in [-0.2, 0) is 16.1 Å². The number of amides is 1. The van der Waals surface area contributed by atoms with Gasteiger partial charge in [0, 0.05) is 10.6 Å². The van der Waals surface area contributed by atoms with E-state index in [1.165, 1.54) is 17.6 Å². The van der Waals surface area contributed by atoms with Gasteiger partial charge in [0.15, 0.2) is 6.61 Å². The molecule has 2 heterocycles. The molecule has 1 amide bonds. The standard InChI is InChI=1S/C18H15ClN2O4S/c1-11-16(26-17(21-11)12-4-2-5-13(19)8-12)18(23)25-10-15(22)20-9-14-6-3-7-24-14/h2-8H,9-10H2,1H3,(H,20,22). The summed E-state index contributed by atoms with van der Waals surface area (Å²) in [6, 6.07) is 10.7. The number of benzene rings is 1. The first-order chi connectivity index (χ1) is 12.5. The fraction of sp³-hybridized carbons (Fsp3) is 0.167. The molecular formula is C18H15ClN2O4S. The number of hydrogen-bond acceptors (Lipinski definition) is 6. The average Bonchev–Trinajstić information content (AvgIpc) is 3.27. The van der Waals surface area contributed by atoms with Crippen LogP contribution < -0.4 is 5.32 Å². The Morgan fingerprint density at radius 1 is 1.31 bits per heavy atom. The van der Waals surface area contributed by atoms with E-state index in [1.54, 1.807) is 31.2 Å². The van der Waals surface area contributed by atoms with E-state index in [9.17, 15) is 9.59 Å². The van der Waals surface area contributed by atoms with Gasteiger partial charge in [-0.15, -0.1) is 11.3 Å². The number of nitrogens with zero attached hydrogens (tertiary/aromatic N) is 1. The number of esters is 1. The minimum absolute atomic E-state index is 0.238. The second kappa shape index (κ2) is 8.16. The van der Waals surface area contributed by atoms with Gasteiger partial charge in [0.1, 0.15) is 15.6 Å². The van der Waals surface area contributed by atoms with Gasteiger partial charge in [-0.25, -0.2) is 9.78 Å². The largest absolute Gasteiger partial charge is 0.467 e. The Bertz CT molecular complexity index is 921. The first-order valence-electron chi connectivity index (χ1n) is 7.72. The molecule has 0 atom stereocenters. The maximum absolute atomic E-state index is 12.2. The maximum atomic E-state index is 12.2. The summed E-state index contributed by atoms with van der Waals surface area (Å²) in [4.78, 5) is 28.8. The molecule has 26 heavy (non-hydrogen) atoms. The third kappa shape index (κ3) is 4.50. The summed E-state index contributed by atoms with van der Waals surface area (Å²) in [7, 11) is 0. The predicted octanol–water partition coefficient (Wildman–Crippen LogP) is 3.84. The Hall–Kier alpha value is -2.64. The molecule has 0 spiro atoms. The zero-order valence-electron chi connectivity index (χ0n) is 13.8. The van der Waals surface area contributed by atoms with Crippen LogP contribution in [0.5, 0.6) is 0 Å². The molecule has 1 aromatic carbocycles. The van der Waals surface area contributed by atoms with E-state index in [2.05, 4.69) is 10.3 Å². The number of ether oxygens (including phenoxy) is 1. The number of rotatable bonds is 6. The number of furan rings is 1. The van der Waals surface area contributed by atoms with Gasteiger partial charge in [-0.2, -0.15) is 0 Å². The van der Waals surface area contributed by atoms with E-state index >= 15 is 0 Å². The lowest BCUT2D eigenvalue weighted by molar-refractivity contribution is -0.124. The van der Waals surface area contributed by atoms with Crippen LogP contribution in [0.25, 0.3) is 10.6 Å². The average molecular weight is 391 g/mol. The van der Waals surface area contributed by atoms with Crippen molar-refractivity contribution in [3.8, 4) is 10.6 Å². The van der Waals surface area contributed by atoms with Crippen LogP contribution in [0.1, 0.15) is 21.1 Å². The molecule has 3 rings (SSSR count). The van der Waals surface area contributed by atoms with E-state index in [-0.39, 0.29) is 13.2 Å². The molecule has 0 bridgehead atoms. The maximum Gasteiger partial charge on any atom is 0.350 e. The first kappa shape index (κ1) is 18.2. The van der Waals surface area contributed by atoms with Crippen molar-refractivity contribution in [1.82, 2.24) is 10.3 Å². The van der Waals surface area contributed by atoms with Gasteiger partial charge in [0.05, 0.1) is 18.5 Å². The summed E-state index contributed by atoms with van der Waals surface area (Å²) < 4.78 is 10.2. The van der Waals surface area contributed by atoms with E-state index in [4.69, 9.17) is 20.8 Å². The van der Waals surface area contributed by atoms with Crippen LogP contribution in [-0.4, -0.2) is 23.5 Å². The zero-order valence-corrected chi connectivity index (χ0v) is 15.4. The summed E-state index contributed by atoms with van der Waals surface area (Å²) in [5.41, 5.74) is 1.37. The SMILES string of the molecule is Cc1nc(-c2cccc(Cl)c2)sc1C(=O)OCC(=O)NCc1ccco1. The van der Waals surface area contributed by atoms with Gasteiger partial charge in [0.2, 0.25) is 0 Å². The Morgan fingerprint density at radius 3 is 2.88 bits per heavy atom. The van der Waals surface area contributed by atoms with Gasteiger partial charge in [-0.3, -0.25) is 4.79 Å². The normalized spacial score (nSPS) is 10.5. The monoisotopic (exact) mass is 390 g/mol. The number of halogens is 1. The van der Waals surface area contributed by atoms with Crippen LogP contribution in [0.2, 0.25) is 5.02 Å². The van der Waals surface area contributed by atoms with E-state index in [0.717, 1.165) is 5.56 Å². The second-order valence-corrected chi connectivity index (χ2v) is 6.81. The van der Waals surface area contributed by atoms with E-state index in [0.29, 0.717) is 26.4 Å². The van der Waals surface area contributed by atoms with Gasteiger partial charge in [-0.05, 0) is 31.2 Å². The molecule has 0 aliphatic heterocycles. The second-order valence-electron chi connectivity index (χ2n) is 5.38. The number of carbonyl (C=O) groups excluding carboxylic acids is 2. The van der Waals surface area contributed by atoms with Crippen LogP contribution in [0.3, 0.4) is 0 Å². The molecule has 1 N–H and O–H groups in total. The van der Waals surface area contributed by atoms with Gasteiger partial charge >= 0.3 is 5.97 Å². The lowest BCUT2D eigenvalue weighted by Gasteiger charge is -2.04. The van der Waals surface area contributed by atoms with Crippen molar-refractivity contribution in [3.05, 3.63) is 64.0 Å². The number of nitrogens with one attached hydrogen (secondary N) is 1. The van der Waals surface area contributed by atoms with Crippen molar-refractivity contribution in [2.24, 2.45) is 0 Å². The Kier molecular flexibility index (Phi) is 5.70. The molecule has 0 unspecified atom stereocenters. The quantitative estimate of drug-likeness (QED) is 0.647. The van der Waals surface area contributed by atoms with Crippen molar-refractivity contribution in [1.29, 1.82) is 0 Å². The van der Waals surface area contributed by atoms with Crippen LogP contribution >= 0.6 is 22.9 Å². The first-order valence-corrected chi connectivity index (χ1v) is 8.92. The van der Waals surface area contributed by atoms with Crippen molar-refractivity contribution < 1.29 is 18.7 Å². The summed E-state index contributed by atoms with van der Waals surface area (Å²) in [5.74, 6) is -0.373. The van der Waals surface area contributed by atoms with Crippen LogP contribution in [0.4, 0.5) is 0 Å². The van der Waals surface area contributed by atoms with Crippen LogP contribution in [0, 0.1) is 6.92 Å². The van der Waals surface area contributed by atoms with Gasteiger partial charge < -0.3 is 14.5 Å².